The minimum Gasteiger partial charge on any atom is -0.382 e. The zero-order valence-electron chi connectivity index (χ0n) is 8.64. The fourth-order valence-electron chi connectivity index (χ4n) is 1.21. The van der Waals surface area contributed by atoms with Crippen LogP contribution in [0.15, 0.2) is 0 Å². The van der Waals surface area contributed by atoms with Gasteiger partial charge in [0, 0.05) is 13.7 Å². The summed E-state index contributed by atoms with van der Waals surface area (Å²) in [4.78, 5) is 0. The molecule has 0 aliphatic rings. The Kier molecular flexibility index (Phi) is 8.95. The summed E-state index contributed by atoms with van der Waals surface area (Å²) in [7, 11) is 1.70. The van der Waals surface area contributed by atoms with Crippen LogP contribution in [0.5, 0.6) is 0 Å². The standard InChI is InChI=1S/C10H22O2/c1-4-6-10(5-2)9-12-8-7-11-3/h10H,4-9H2,1-3H3. The Morgan fingerprint density at radius 2 is 1.92 bits per heavy atom. The highest BCUT2D eigenvalue weighted by atomic mass is 16.5. The maximum Gasteiger partial charge on any atom is 0.0700 e. The van der Waals surface area contributed by atoms with E-state index in [-0.39, 0.29) is 0 Å². The maximum atomic E-state index is 5.45. The smallest absolute Gasteiger partial charge is 0.0700 e. The molecule has 0 spiro atoms. The van der Waals surface area contributed by atoms with E-state index in [4.69, 9.17) is 9.47 Å². The molecule has 0 fully saturated rings. The van der Waals surface area contributed by atoms with Gasteiger partial charge >= 0.3 is 0 Å². The number of hydrogen-bond donors (Lipinski definition) is 0. The van der Waals surface area contributed by atoms with E-state index in [1.165, 1.54) is 19.3 Å². The Labute approximate surface area is 76.3 Å². The molecule has 0 N–H and O–H groups in total. The van der Waals surface area contributed by atoms with E-state index in [1.807, 2.05) is 0 Å². The van der Waals surface area contributed by atoms with Crippen LogP contribution in [0.4, 0.5) is 0 Å². The van der Waals surface area contributed by atoms with E-state index in [9.17, 15) is 0 Å². The first kappa shape index (κ1) is 11.9. The molecule has 0 amide bonds. The van der Waals surface area contributed by atoms with Crippen molar-refractivity contribution < 1.29 is 9.47 Å². The molecule has 0 aliphatic carbocycles. The van der Waals surface area contributed by atoms with Crippen LogP contribution in [0.25, 0.3) is 0 Å². The molecule has 74 valence electrons. The molecule has 0 aromatic rings. The first-order valence-corrected chi connectivity index (χ1v) is 4.91. The van der Waals surface area contributed by atoms with E-state index in [2.05, 4.69) is 13.8 Å². The predicted octanol–water partition coefficient (Wildman–Crippen LogP) is 2.48. The molecule has 0 aromatic carbocycles. The molecular weight excluding hydrogens is 152 g/mol. The lowest BCUT2D eigenvalue weighted by atomic mass is 10.0. The van der Waals surface area contributed by atoms with Crippen molar-refractivity contribution in [2.75, 3.05) is 26.9 Å². The van der Waals surface area contributed by atoms with Gasteiger partial charge in [0.2, 0.25) is 0 Å². The van der Waals surface area contributed by atoms with Crippen molar-refractivity contribution in [2.24, 2.45) is 5.92 Å². The van der Waals surface area contributed by atoms with Crippen molar-refractivity contribution >= 4 is 0 Å². The Morgan fingerprint density at radius 3 is 2.42 bits per heavy atom. The van der Waals surface area contributed by atoms with E-state index >= 15 is 0 Å². The van der Waals surface area contributed by atoms with Crippen LogP contribution in [0.3, 0.4) is 0 Å². The van der Waals surface area contributed by atoms with Crippen molar-refractivity contribution in [3.05, 3.63) is 0 Å². The Balaban J connectivity index is 3.19. The topological polar surface area (TPSA) is 18.5 Å². The van der Waals surface area contributed by atoms with Gasteiger partial charge in [0.05, 0.1) is 13.2 Å². The zero-order chi connectivity index (χ0) is 9.23. The van der Waals surface area contributed by atoms with Gasteiger partial charge < -0.3 is 9.47 Å². The maximum absolute atomic E-state index is 5.45. The fourth-order valence-corrected chi connectivity index (χ4v) is 1.21. The highest BCUT2D eigenvalue weighted by Crippen LogP contribution is 2.10. The molecule has 12 heavy (non-hydrogen) atoms. The molecule has 0 radical (unpaired) electrons. The lowest BCUT2D eigenvalue weighted by molar-refractivity contribution is 0.0487. The third kappa shape index (κ3) is 6.62. The zero-order valence-corrected chi connectivity index (χ0v) is 8.64. The molecule has 2 nitrogen and oxygen atoms in total. The second-order valence-corrected chi connectivity index (χ2v) is 3.13. The van der Waals surface area contributed by atoms with Gasteiger partial charge in [-0.25, -0.2) is 0 Å². The Morgan fingerprint density at radius 1 is 1.17 bits per heavy atom. The molecule has 0 rings (SSSR count). The molecule has 1 unspecified atom stereocenters. The van der Waals surface area contributed by atoms with Crippen LogP contribution in [-0.2, 0) is 9.47 Å². The second kappa shape index (κ2) is 9.01. The minimum absolute atomic E-state index is 0.711. The van der Waals surface area contributed by atoms with Crippen LogP contribution in [0.2, 0.25) is 0 Å². The third-order valence-corrected chi connectivity index (χ3v) is 2.06. The first-order valence-electron chi connectivity index (χ1n) is 4.91. The number of methoxy groups -OCH3 is 1. The molecule has 0 bridgehead atoms. The van der Waals surface area contributed by atoms with Gasteiger partial charge in [-0.05, 0) is 12.3 Å². The Hall–Kier alpha value is -0.0800. The third-order valence-electron chi connectivity index (χ3n) is 2.06. The van der Waals surface area contributed by atoms with Gasteiger partial charge in [-0.2, -0.15) is 0 Å². The van der Waals surface area contributed by atoms with Crippen molar-refractivity contribution in [3.63, 3.8) is 0 Å². The summed E-state index contributed by atoms with van der Waals surface area (Å²) in [6.07, 6.45) is 3.76. The van der Waals surface area contributed by atoms with Crippen LogP contribution in [-0.4, -0.2) is 26.9 Å². The normalized spacial score (nSPS) is 13.2. The average molecular weight is 174 g/mol. The van der Waals surface area contributed by atoms with Gasteiger partial charge in [0.25, 0.3) is 0 Å². The van der Waals surface area contributed by atoms with Crippen molar-refractivity contribution in [1.29, 1.82) is 0 Å². The molecule has 2 heteroatoms. The summed E-state index contributed by atoms with van der Waals surface area (Å²) in [5.74, 6) is 0.742. The van der Waals surface area contributed by atoms with Crippen molar-refractivity contribution in [1.82, 2.24) is 0 Å². The second-order valence-electron chi connectivity index (χ2n) is 3.13. The molecule has 1 atom stereocenters. The van der Waals surface area contributed by atoms with Crippen LogP contribution in [0, 0.1) is 5.92 Å². The number of hydrogen-bond acceptors (Lipinski definition) is 2. The fraction of sp³-hybridized carbons (Fsp3) is 1.00. The highest BCUT2D eigenvalue weighted by Gasteiger charge is 2.03. The summed E-state index contributed by atoms with van der Waals surface area (Å²) in [6.45, 7) is 6.78. The van der Waals surface area contributed by atoms with E-state index in [0.29, 0.717) is 6.61 Å². The van der Waals surface area contributed by atoms with Gasteiger partial charge in [0.15, 0.2) is 0 Å². The lowest BCUT2D eigenvalue weighted by Gasteiger charge is -2.13. The first-order chi connectivity index (χ1) is 5.85. The quantitative estimate of drug-likeness (QED) is 0.526. The summed E-state index contributed by atoms with van der Waals surface area (Å²) < 4.78 is 10.3. The molecule has 0 saturated heterocycles. The Bertz CT molecular complexity index is 83.9. The lowest BCUT2D eigenvalue weighted by Crippen LogP contribution is -2.11. The SMILES string of the molecule is CCCC(CC)COCCOC. The van der Waals surface area contributed by atoms with Gasteiger partial charge in [0.1, 0.15) is 0 Å². The van der Waals surface area contributed by atoms with E-state index in [0.717, 1.165) is 19.1 Å². The van der Waals surface area contributed by atoms with Gasteiger partial charge in [-0.1, -0.05) is 26.7 Å². The van der Waals surface area contributed by atoms with Crippen molar-refractivity contribution in [3.8, 4) is 0 Å². The largest absolute Gasteiger partial charge is 0.382 e. The summed E-state index contributed by atoms with van der Waals surface area (Å²) in [6, 6.07) is 0. The molecule has 0 aliphatic heterocycles. The summed E-state index contributed by atoms with van der Waals surface area (Å²) in [5.41, 5.74) is 0. The highest BCUT2D eigenvalue weighted by molar-refractivity contribution is 4.54. The van der Waals surface area contributed by atoms with Crippen molar-refractivity contribution in [2.45, 2.75) is 33.1 Å². The number of rotatable bonds is 8. The summed E-state index contributed by atoms with van der Waals surface area (Å²) in [5, 5.41) is 0. The number of ether oxygens (including phenoxy) is 2. The van der Waals surface area contributed by atoms with Gasteiger partial charge in [-0.3, -0.25) is 0 Å². The average Bonchev–Trinajstić information content (AvgIpc) is 2.10. The molecule has 0 aromatic heterocycles. The molecular formula is C10H22O2. The van der Waals surface area contributed by atoms with E-state index in [1.54, 1.807) is 7.11 Å². The van der Waals surface area contributed by atoms with Crippen LogP contribution < -0.4 is 0 Å². The van der Waals surface area contributed by atoms with Gasteiger partial charge in [-0.15, -0.1) is 0 Å². The monoisotopic (exact) mass is 174 g/mol. The minimum atomic E-state index is 0.711. The molecule has 0 heterocycles. The summed E-state index contributed by atoms with van der Waals surface area (Å²) >= 11 is 0. The predicted molar refractivity (Wildman–Crippen MR) is 51.4 cm³/mol. The van der Waals surface area contributed by atoms with Crippen LogP contribution >= 0.6 is 0 Å². The molecule has 0 saturated carbocycles. The van der Waals surface area contributed by atoms with Crippen LogP contribution in [0.1, 0.15) is 33.1 Å². The van der Waals surface area contributed by atoms with E-state index < -0.39 is 0 Å².